The molecule has 0 saturated heterocycles. The van der Waals surface area contributed by atoms with Crippen LogP contribution in [0.4, 0.5) is 5.69 Å². The summed E-state index contributed by atoms with van der Waals surface area (Å²) >= 11 is 0. The van der Waals surface area contributed by atoms with Gasteiger partial charge in [0, 0.05) is 23.7 Å². The minimum atomic E-state index is -0.0506. The Morgan fingerprint density at radius 3 is 2.90 bits per heavy atom. The highest BCUT2D eigenvalue weighted by molar-refractivity contribution is 5.95. The number of carbonyl (C=O) groups excluding carboxylic acids is 1. The van der Waals surface area contributed by atoms with Crippen molar-refractivity contribution >= 4 is 11.6 Å². The van der Waals surface area contributed by atoms with E-state index in [1.807, 2.05) is 0 Å². The van der Waals surface area contributed by atoms with Gasteiger partial charge in [-0.2, -0.15) is 0 Å². The van der Waals surface area contributed by atoms with Crippen LogP contribution in [0.1, 0.15) is 40.2 Å². The van der Waals surface area contributed by atoms with Gasteiger partial charge in [0.15, 0.2) is 0 Å². The maximum absolute atomic E-state index is 12.2. The van der Waals surface area contributed by atoms with E-state index in [4.69, 9.17) is 5.73 Å². The van der Waals surface area contributed by atoms with Crippen LogP contribution in [0.25, 0.3) is 0 Å². The first-order valence-electron chi connectivity index (χ1n) is 7.45. The van der Waals surface area contributed by atoms with Crippen LogP contribution in [0.3, 0.4) is 0 Å². The van der Waals surface area contributed by atoms with Crippen molar-refractivity contribution in [3.05, 3.63) is 65.2 Å². The van der Waals surface area contributed by atoms with E-state index in [1.165, 1.54) is 17.5 Å². The second-order valence-electron chi connectivity index (χ2n) is 5.62. The monoisotopic (exact) mass is 280 g/mol. The lowest BCUT2D eigenvalue weighted by Gasteiger charge is -2.25. The molecule has 0 spiro atoms. The number of rotatable bonds is 3. The highest BCUT2D eigenvalue weighted by atomic mass is 16.1. The largest absolute Gasteiger partial charge is 0.399 e. The van der Waals surface area contributed by atoms with E-state index in [0.717, 1.165) is 12.8 Å². The molecule has 1 amide bonds. The molecule has 3 heteroatoms. The minimum Gasteiger partial charge on any atom is -0.399 e. The number of anilines is 1. The first kappa shape index (κ1) is 13.7. The quantitative estimate of drug-likeness (QED) is 0.849. The standard InChI is InChI=1S/C18H20N2O/c19-16-9-4-7-14(11-16)18(21)20-12-15-8-3-6-13-5-1-2-10-17(13)15/h1-2,4-5,7,9-11,15H,3,6,8,12,19H2,(H,20,21). The number of nitrogens with one attached hydrogen (secondary N) is 1. The van der Waals surface area contributed by atoms with Gasteiger partial charge in [0.1, 0.15) is 0 Å². The fourth-order valence-electron chi connectivity index (χ4n) is 3.06. The average Bonchev–Trinajstić information content (AvgIpc) is 2.52. The van der Waals surface area contributed by atoms with Crippen LogP contribution in [0.2, 0.25) is 0 Å². The molecular weight excluding hydrogens is 260 g/mol. The molecule has 108 valence electrons. The Bertz CT molecular complexity index is 651. The Kier molecular flexibility index (Phi) is 3.91. The number of benzene rings is 2. The fourth-order valence-corrected chi connectivity index (χ4v) is 3.06. The van der Waals surface area contributed by atoms with Crippen molar-refractivity contribution in [1.29, 1.82) is 0 Å². The number of amides is 1. The molecule has 1 unspecified atom stereocenters. The normalized spacial score (nSPS) is 17.0. The summed E-state index contributed by atoms with van der Waals surface area (Å²) < 4.78 is 0. The van der Waals surface area contributed by atoms with Gasteiger partial charge in [0.25, 0.3) is 5.91 Å². The maximum atomic E-state index is 12.2. The number of fused-ring (bicyclic) bond motifs is 1. The van der Waals surface area contributed by atoms with Crippen LogP contribution in [-0.4, -0.2) is 12.5 Å². The summed E-state index contributed by atoms with van der Waals surface area (Å²) in [5.74, 6) is 0.366. The summed E-state index contributed by atoms with van der Waals surface area (Å²) in [5, 5.41) is 3.04. The Morgan fingerprint density at radius 2 is 2.05 bits per heavy atom. The zero-order valence-corrected chi connectivity index (χ0v) is 12.0. The van der Waals surface area contributed by atoms with Gasteiger partial charge in [0.2, 0.25) is 0 Å². The zero-order valence-electron chi connectivity index (χ0n) is 12.0. The first-order valence-corrected chi connectivity index (χ1v) is 7.45. The van der Waals surface area contributed by atoms with E-state index in [1.54, 1.807) is 24.3 Å². The predicted molar refractivity (Wildman–Crippen MR) is 85.3 cm³/mol. The topological polar surface area (TPSA) is 55.1 Å². The first-order chi connectivity index (χ1) is 10.2. The molecule has 3 N–H and O–H groups in total. The fraction of sp³-hybridized carbons (Fsp3) is 0.278. The summed E-state index contributed by atoms with van der Waals surface area (Å²) in [7, 11) is 0. The Hall–Kier alpha value is -2.29. The average molecular weight is 280 g/mol. The van der Waals surface area contributed by atoms with E-state index >= 15 is 0 Å². The van der Waals surface area contributed by atoms with Crippen molar-refractivity contribution in [3.8, 4) is 0 Å². The number of nitrogen functional groups attached to an aromatic ring is 1. The van der Waals surface area contributed by atoms with Gasteiger partial charge in [-0.25, -0.2) is 0 Å². The smallest absolute Gasteiger partial charge is 0.251 e. The molecule has 2 aromatic rings. The van der Waals surface area contributed by atoms with Gasteiger partial charge in [-0.05, 0) is 48.6 Å². The summed E-state index contributed by atoms with van der Waals surface area (Å²) in [5.41, 5.74) is 9.77. The molecule has 0 saturated carbocycles. The third kappa shape index (κ3) is 3.07. The van der Waals surface area contributed by atoms with Crippen molar-refractivity contribution in [2.45, 2.75) is 25.2 Å². The molecule has 2 aromatic carbocycles. The summed E-state index contributed by atoms with van der Waals surface area (Å²) in [6.45, 7) is 0.685. The lowest BCUT2D eigenvalue weighted by molar-refractivity contribution is 0.0950. The molecule has 1 aliphatic carbocycles. The molecule has 0 heterocycles. The highest BCUT2D eigenvalue weighted by Gasteiger charge is 2.20. The SMILES string of the molecule is Nc1cccc(C(=O)NCC2CCCc3ccccc32)c1. The molecule has 0 fully saturated rings. The van der Waals surface area contributed by atoms with Gasteiger partial charge in [-0.1, -0.05) is 30.3 Å². The van der Waals surface area contributed by atoms with Crippen LogP contribution in [0, 0.1) is 0 Å². The minimum absolute atomic E-state index is 0.0506. The number of nitrogens with two attached hydrogens (primary N) is 1. The number of hydrogen-bond acceptors (Lipinski definition) is 2. The summed E-state index contributed by atoms with van der Waals surface area (Å²) in [6.07, 6.45) is 3.47. The highest BCUT2D eigenvalue weighted by Crippen LogP contribution is 2.30. The van der Waals surface area contributed by atoms with E-state index in [-0.39, 0.29) is 5.91 Å². The lowest BCUT2D eigenvalue weighted by Crippen LogP contribution is -2.30. The molecule has 1 atom stereocenters. The summed E-state index contributed by atoms with van der Waals surface area (Å²) in [6, 6.07) is 15.6. The summed E-state index contributed by atoms with van der Waals surface area (Å²) in [4.78, 5) is 12.2. The Balaban J connectivity index is 1.67. The van der Waals surface area contributed by atoms with E-state index in [0.29, 0.717) is 23.7 Å². The molecule has 0 aromatic heterocycles. The van der Waals surface area contributed by atoms with Crippen LogP contribution in [-0.2, 0) is 6.42 Å². The molecule has 3 rings (SSSR count). The van der Waals surface area contributed by atoms with Crippen LogP contribution >= 0.6 is 0 Å². The van der Waals surface area contributed by atoms with Gasteiger partial charge in [-0.3, -0.25) is 4.79 Å². The molecule has 0 radical (unpaired) electrons. The third-order valence-electron chi connectivity index (χ3n) is 4.15. The molecular formula is C18H20N2O. The third-order valence-corrected chi connectivity index (χ3v) is 4.15. The van der Waals surface area contributed by atoms with Gasteiger partial charge in [-0.15, -0.1) is 0 Å². The van der Waals surface area contributed by atoms with E-state index in [9.17, 15) is 4.79 Å². The maximum Gasteiger partial charge on any atom is 0.251 e. The van der Waals surface area contributed by atoms with Crippen molar-refractivity contribution in [3.63, 3.8) is 0 Å². The second kappa shape index (κ2) is 6.00. The molecule has 0 bridgehead atoms. The van der Waals surface area contributed by atoms with Crippen molar-refractivity contribution in [2.24, 2.45) is 0 Å². The molecule has 21 heavy (non-hydrogen) atoms. The van der Waals surface area contributed by atoms with Gasteiger partial charge < -0.3 is 11.1 Å². The van der Waals surface area contributed by atoms with Gasteiger partial charge in [0.05, 0.1) is 0 Å². The van der Waals surface area contributed by atoms with Gasteiger partial charge >= 0.3 is 0 Å². The van der Waals surface area contributed by atoms with Crippen LogP contribution < -0.4 is 11.1 Å². The van der Waals surface area contributed by atoms with Crippen molar-refractivity contribution in [2.75, 3.05) is 12.3 Å². The van der Waals surface area contributed by atoms with E-state index in [2.05, 4.69) is 29.6 Å². The number of aryl methyl sites for hydroxylation is 1. The molecule has 0 aliphatic heterocycles. The van der Waals surface area contributed by atoms with Crippen LogP contribution in [0.15, 0.2) is 48.5 Å². The Labute approximate surface area is 125 Å². The van der Waals surface area contributed by atoms with Crippen molar-refractivity contribution < 1.29 is 4.79 Å². The zero-order chi connectivity index (χ0) is 14.7. The number of hydrogen-bond donors (Lipinski definition) is 2. The van der Waals surface area contributed by atoms with Crippen LogP contribution in [0.5, 0.6) is 0 Å². The van der Waals surface area contributed by atoms with E-state index < -0.39 is 0 Å². The predicted octanol–water partition coefficient (Wildman–Crippen LogP) is 3.12. The molecule has 3 nitrogen and oxygen atoms in total. The Morgan fingerprint density at radius 1 is 1.19 bits per heavy atom. The number of carbonyl (C=O) groups is 1. The second-order valence-corrected chi connectivity index (χ2v) is 5.62. The van der Waals surface area contributed by atoms with Crippen molar-refractivity contribution in [1.82, 2.24) is 5.32 Å². The molecule has 1 aliphatic rings. The lowest BCUT2D eigenvalue weighted by atomic mass is 9.83.